The van der Waals surface area contributed by atoms with Crippen molar-refractivity contribution in [3.8, 4) is 11.1 Å². The molecule has 5 heterocycles. The van der Waals surface area contributed by atoms with Gasteiger partial charge in [0.15, 0.2) is 0 Å². The summed E-state index contributed by atoms with van der Waals surface area (Å²) in [4.78, 5) is 18.7. The number of amides is 1. The fourth-order valence-electron chi connectivity index (χ4n) is 3.60. The third kappa shape index (κ3) is 3.15. The second-order valence-electron chi connectivity index (χ2n) is 6.91. The summed E-state index contributed by atoms with van der Waals surface area (Å²) < 4.78 is 9.26. The summed E-state index contributed by atoms with van der Waals surface area (Å²) in [7, 11) is 1.76. The summed E-state index contributed by atoms with van der Waals surface area (Å²) in [5, 5.41) is 12.7. The second kappa shape index (κ2) is 7.10. The number of morpholine rings is 1. The zero-order valence-corrected chi connectivity index (χ0v) is 15.8. The van der Waals surface area contributed by atoms with E-state index in [1.165, 1.54) is 0 Å². The van der Waals surface area contributed by atoms with E-state index < -0.39 is 0 Å². The summed E-state index contributed by atoms with van der Waals surface area (Å²) in [5.74, 6) is -0.0604. The zero-order chi connectivity index (χ0) is 19.8. The van der Waals surface area contributed by atoms with Crippen LogP contribution in [0.4, 0.5) is 0 Å². The molecule has 1 aliphatic rings. The molecule has 4 aromatic rings. The molecule has 0 unspecified atom stereocenters. The lowest BCUT2D eigenvalue weighted by Gasteiger charge is -2.32. The van der Waals surface area contributed by atoms with E-state index in [0.717, 1.165) is 22.3 Å². The normalized spacial score (nSPS) is 17.0. The topological polar surface area (TPSA) is 90.4 Å². The molecule has 9 heteroatoms. The van der Waals surface area contributed by atoms with E-state index in [1.807, 2.05) is 30.5 Å². The SMILES string of the molecule is Cn1nccc1C(=O)N1CCO[C@@H](c2nnn3cc(-c4ccncc4)ccc23)C1. The average Bonchev–Trinajstić information content (AvgIpc) is 3.39. The van der Waals surface area contributed by atoms with Crippen molar-refractivity contribution in [3.63, 3.8) is 0 Å². The van der Waals surface area contributed by atoms with Gasteiger partial charge in [-0.05, 0) is 29.8 Å². The van der Waals surface area contributed by atoms with Gasteiger partial charge in [0.25, 0.3) is 5.91 Å². The Balaban J connectivity index is 1.42. The Morgan fingerprint density at radius 3 is 2.76 bits per heavy atom. The van der Waals surface area contributed by atoms with Crippen molar-refractivity contribution in [3.05, 3.63) is 66.5 Å². The van der Waals surface area contributed by atoms with Gasteiger partial charge in [-0.15, -0.1) is 5.10 Å². The molecule has 1 saturated heterocycles. The summed E-state index contributed by atoms with van der Waals surface area (Å²) in [6.07, 6.45) is 6.75. The molecule has 0 N–H and O–H groups in total. The Labute approximate surface area is 166 Å². The number of aryl methyl sites for hydroxylation is 1. The first-order chi connectivity index (χ1) is 14.2. The lowest BCUT2D eigenvalue weighted by atomic mass is 10.1. The van der Waals surface area contributed by atoms with Crippen molar-refractivity contribution in [2.24, 2.45) is 7.05 Å². The first-order valence-corrected chi connectivity index (χ1v) is 9.35. The minimum atomic E-state index is -0.329. The number of nitrogens with zero attached hydrogens (tertiary/aromatic N) is 7. The zero-order valence-electron chi connectivity index (χ0n) is 15.8. The number of pyridine rings is 2. The highest BCUT2D eigenvalue weighted by Gasteiger charge is 2.30. The van der Waals surface area contributed by atoms with Crippen molar-refractivity contribution in [2.45, 2.75) is 6.10 Å². The van der Waals surface area contributed by atoms with Crippen LogP contribution in [0.25, 0.3) is 16.6 Å². The van der Waals surface area contributed by atoms with E-state index in [1.54, 1.807) is 45.8 Å². The molecule has 4 aromatic heterocycles. The third-order valence-corrected chi connectivity index (χ3v) is 5.15. The molecule has 0 saturated carbocycles. The number of hydrogen-bond acceptors (Lipinski definition) is 6. The molecule has 1 fully saturated rings. The quantitative estimate of drug-likeness (QED) is 0.530. The average molecular weight is 389 g/mol. The monoisotopic (exact) mass is 389 g/mol. The summed E-state index contributed by atoms with van der Waals surface area (Å²) in [5.41, 5.74) is 4.23. The predicted octanol–water partition coefficient (Wildman–Crippen LogP) is 1.74. The molecule has 0 aliphatic carbocycles. The van der Waals surface area contributed by atoms with Crippen LogP contribution >= 0.6 is 0 Å². The van der Waals surface area contributed by atoms with Crippen molar-refractivity contribution < 1.29 is 9.53 Å². The highest BCUT2D eigenvalue weighted by molar-refractivity contribution is 5.92. The van der Waals surface area contributed by atoms with Crippen molar-refractivity contribution in [2.75, 3.05) is 19.7 Å². The first-order valence-electron chi connectivity index (χ1n) is 9.35. The van der Waals surface area contributed by atoms with Gasteiger partial charge in [-0.2, -0.15) is 5.10 Å². The number of carbonyl (C=O) groups excluding carboxylic acids is 1. The van der Waals surface area contributed by atoms with E-state index in [9.17, 15) is 4.79 Å². The van der Waals surface area contributed by atoms with Gasteiger partial charge >= 0.3 is 0 Å². The van der Waals surface area contributed by atoms with Crippen LogP contribution in [0, 0.1) is 0 Å². The molecule has 1 amide bonds. The molecular weight excluding hydrogens is 370 g/mol. The summed E-state index contributed by atoms with van der Waals surface area (Å²) in [6, 6.07) is 9.63. The number of hydrogen-bond donors (Lipinski definition) is 0. The smallest absolute Gasteiger partial charge is 0.272 e. The lowest BCUT2D eigenvalue weighted by Crippen LogP contribution is -2.43. The summed E-state index contributed by atoms with van der Waals surface area (Å²) >= 11 is 0. The largest absolute Gasteiger partial charge is 0.368 e. The molecule has 1 aliphatic heterocycles. The number of aromatic nitrogens is 6. The van der Waals surface area contributed by atoms with Crippen LogP contribution in [0.5, 0.6) is 0 Å². The van der Waals surface area contributed by atoms with E-state index in [0.29, 0.717) is 25.4 Å². The Morgan fingerprint density at radius 1 is 1.10 bits per heavy atom. The number of rotatable bonds is 3. The van der Waals surface area contributed by atoms with Gasteiger partial charge in [-0.1, -0.05) is 11.3 Å². The van der Waals surface area contributed by atoms with Gasteiger partial charge in [-0.3, -0.25) is 14.5 Å². The highest BCUT2D eigenvalue weighted by Crippen LogP contribution is 2.27. The highest BCUT2D eigenvalue weighted by atomic mass is 16.5. The van der Waals surface area contributed by atoms with E-state index in [-0.39, 0.29) is 12.0 Å². The van der Waals surface area contributed by atoms with E-state index in [4.69, 9.17) is 4.74 Å². The van der Waals surface area contributed by atoms with Crippen molar-refractivity contribution in [1.29, 1.82) is 0 Å². The van der Waals surface area contributed by atoms with Crippen LogP contribution < -0.4 is 0 Å². The Kier molecular flexibility index (Phi) is 4.28. The van der Waals surface area contributed by atoms with E-state index in [2.05, 4.69) is 20.4 Å². The van der Waals surface area contributed by atoms with Crippen LogP contribution in [-0.4, -0.2) is 60.1 Å². The molecule has 0 spiro atoms. The third-order valence-electron chi connectivity index (χ3n) is 5.15. The predicted molar refractivity (Wildman–Crippen MR) is 104 cm³/mol. The lowest BCUT2D eigenvalue weighted by molar-refractivity contribution is -0.0244. The number of fused-ring (bicyclic) bond motifs is 1. The van der Waals surface area contributed by atoms with Crippen molar-refractivity contribution in [1.82, 2.24) is 34.5 Å². The molecule has 5 rings (SSSR count). The minimum absolute atomic E-state index is 0.0604. The maximum Gasteiger partial charge on any atom is 0.272 e. The van der Waals surface area contributed by atoms with Gasteiger partial charge in [-0.25, -0.2) is 4.52 Å². The van der Waals surface area contributed by atoms with Crippen LogP contribution in [0.3, 0.4) is 0 Å². The fraction of sp³-hybridized carbons (Fsp3) is 0.250. The van der Waals surface area contributed by atoms with E-state index >= 15 is 0 Å². The second-order valence-corrected chi connectivity index (χ2v) is 6.91. The molecule has 146 valence electrons. The molecule has 0 aromatic carbocycles. The number of carbonyl (C=O) groups is 1. The van der Waals surface area contributed by atoms with Gasteiger partial charge < -0.3 is 9.64 Å². The number of ether oxygens (including phenoxy) is 1. The summed E-state index contributed by atoms with van der Waals surface area (Å²) in [6.45, 7) is 1.40. The molecule has 9 nitrogen and oxygen atoms in total. The molecule has 29 heavy (non-hydrogen) atoms. The van der Waals surface area contributed by atoms with Gasteiger partial charge in [0, 0.05) is 43.9 Å². The van der Waals surface area contributed by atoms with Crippen LogP contribution in [0.1, 0.15) is 22.3 Å². The standard InChI is InChI=1S/C20H19N7O2/c1-25-17(6-9-22-25)20(28)26-10-11-29-18(13-26)19-16-3-2-15(12-27(16)24-23-19)14-4-7-21-8-5-14/h2-9,12,18H,10-11,13H2,1H3/t18-/m1/s1. The maximum absolute atomic E-state index is 12.8. The molecule has 0 bridgehead atoms. The first kappa shape index (κ1) is 17.5. The minimum Gasteiger partial charge on any atom is -0.368 e. The molecule has 0 radical (unpaired) electrons. The van der Waals surface area contributed by atoms with Crippen LogP contribution in [0.15, 0.2) is 55.1 Å². The maximum atomic E-state index is 12.8. The fourth-order valence-corrected chi connectivity index (χ4v) is 3.60. The van der Waals surface area contributed by atoms with Gasteiger partial charge in [0.2, 0.25) is 0 Å². The van der Waals surface area contributed by atoms with Crippen LogP contribution in [0.2, 0.25) is 0 Å². The van der Waals surface area contributed by atoms with Crippen molar-refractivity contribution >= 4 is 11.4 Å². The van der Waals surface area contributed by atoms with Gasteiger partial charge in [0.1, 0.15) is 17.5 Å². The van der Waals surface area contributed by atoms with Crippen LogP contribution in [-0.2, 0) is 11.8 Å². The Hall–Kier alpha value is -3.59. The van der Waals surface area contributed by atoms with Gasteiger partial charge in [0.05, 0.1) is 18.7 Å². The Morgan fingerprint density at radius 2 is 1.97 bits per heavy atom. The Bertz CT molecular complexity index is 1170. The molecule has 1 atom stereocenters. The molecular formula is C20H19N7O2.